The van der Waals surface area contributed by atoms with Crippen molar-refractivity contribution in [2.75, 3.05) is 13.7 Å². The van der Waals surface area contributed by atoms with E-state index in [2.05, 4.69) is 33.0 Å². The standard InChI is InChI=1S/C14H29NO/c1-11(10-16-5)15-13-9-7-6-8-12(13)14(2,3)4/h11-13,15H,6-10H2,1-5H3. The lowest BCUT2D eigenvalue weighted by atomic mass is 9.69. The maximum absolute atomic E-state index is 5.20. The first-order valence-corrected chi connectivity index (χ1v) is 6.70. The van der Waals surface area contributed by atoms with Gasteiger partial charge in [0.05, 0.1) is 6.61 Å². The molecule has 1 fully saturated rings. The summed E-state index contributed by atoms with van der Waals surface area (Å²) < 4.78 is 5.20. The van der Waals surface area contributed by atoms with E-state index < -0.39 is 0 Å². The molecule has 0 aliphatic heterocycles. The predicted octanol–water partition coefficient (Wildman–Crippen LogP) is 3.22. The van der Waals surface area contributed by atoms with E-state index in [0.29, 0.717) is 17.5 Å². The summed E-state index contributed by atoms with van der Waals surface area (Å²) in [6, 6.07) is 1.15. The molecule has 0 heterocycles. The predicted molar refractivity (Wildman–Crippen MR) is 69.7 cm³/mol. The fourth-order valence-electron chi connectivity index (χ4n) is 3.03. The first kappa shape index (κ1) is 14.0. The van der Waals surface area contributed by atoms with E-state index in [1.54, 1.807) is 7.11 Å². The van der Waals surface area contributed by atoms with E-state index in [-0.39, 0.29) is 0 Å². The number of nitrogens with one attached hydrogen (secondary N) is 1. The van der Waals surface area contributed by atoms with Crippen LogP contribution in [0.1, 0.15) is 53.4 Å². The van der Waals surface area contributed by atoms with Crippen LogP contribution in [0.4, 0.5) is 0 Å². The lowest BCUT2D eigenvalue weighted by molar-refractivity contribution is 0.104. The third kappa shape index (κ3) is 4.06. The lowest BCUT2D eigenvalue weighted by Gasteiger charge is -2.42. The summed E-state index contributed by atoms with van der Waals surface area (Å²) in [6.07, 6.45) is 5.49. The molecule has 1 saturated carbocycles. The average Bonchev–Trinajstić information content (AvgIpc) is 2.17. The van der Waals surface area contributed by atoms with Crippen molar-refractivity contribution in [3.05, 3.63) is 0 Å². The van der Waals surface area contributed by atoms with E-state index in [4.69, 9.17) is 4.74 Å². The van der Waals surface area contributed by atoms with Crippen LogP contribution >= 0.6 is 0 Å². The van der Waals surface area contributed by atoms with E-state index in [0.717, 1.165) is 12.5 Å². The largest absolute Gasteiger partial charge is 0.383 e. The molecule has 1 aliphatic carbocycles. The Morgan fingerprint density at radius 1 is 1.25 bits per heavy atom. The molecule has 1 rings (SSSR count). The van der Waals surface area contributed by atoms with Crippen LogP contribution in [0.5, 0.6) is 0 Å². The minimum Gasteiger partial charge on any atom is -0.383 e. The Morgan fingerprint density at radius 2 is 1.88 bits per heavy atom. The van der Waals surface area contributed by atoms with Crippen LogP contribution in [0, 0.1) is 11.3 Å². The van der Waals surface area contributed by atoms with Gasteiger partial charge in [-0.15, -0.1) is 0 Å². The molecule has 0 saturated heterocycles. The highest BCUT2D eigenvalue weighted by molar-refractivity contribution is 4.89. The van der Waals surface area contributed by atoms with Gasteiger partial charge in [0, 0.05) is 19.2 Å². The van der Waals surface area contributed by atoms with Crippen molar-refractivity contribution in [1.82, 2.24) is 5.32 Å². The molecule has 1 N–H and O–H groups in total. The monoisotopic (exact) mass is 227 g/mol. The lowest BCUT2D eigenvalue weighted by Crippen LogP contribution is -2.48. The molecule has 96 valence electrons. The highest BCUT2D eigenvalue weighted by Gasteiger charge is 2.34. The zero-order valence-electron chi connectivity index (χ0n) is 11.7. The van der Waals surface area contributed by atoms with Gasteiger partial charge in [-0.1, -0.05) is 33.6 Å². The van der Waals surface area contributed by atoms with Crippen molar-refractivity contribution in [2.24, 2.45) is 11.3 Å². The third-order valence-corrected chi connectivity index (χ3v) is 3.79. The molecule has 0 aromatic rings. The van der Waals surface area contributed by atoms with Crippen LogP contribution in [-0.2, 0) is 4.74 Å². The van der Waals surface area contributed by atoms with Crippen LogP contribution in [0.3, 0.4) is 0 Å². The highest BCUT2D eigenvalue weighted by atomic mass is 16.5. The molecular weight excluding hydrogens is 198 g/mol. The molecule has 3 atom stereocenters. The maximum Gasteiger partial charge on any atom is 0.0613 e. The van der Waals surface area contributed by atoms with Gasteiger partial charge in [0.2, 0.25) is 0 Å². The highest BCUT2D eigenvalue weighted by Crippen LogP contribution is 2.38. The number of ether oxygens (including phenoxy) is 1. The molecule has 3 unspecified atom stereocenters. The van der Waals surface area contributed by atoms with Gasteiger partial charge in [-0.2, -0.15) is 0 Å². The van der Waals surface area contributed by atoms with Crippen LogP contribution < -0.4 is 5.32 Å². The summed E-state index contributed by atoms with van der Waals surface area (Å²) in [5.41, 5.74) is 0.422. The van der Waals surface area contributed by atoms with Gasteiger partial charge in [-0.25, -0.2) is 0 Å². The molecule has 0 bridgehead atoms. The van der Waals surface area contributed by atoms with Gasteiger partial charge in [0.25, 0.3) is 0 Å². The summed E-state index contributed by atoms with van der Waals surface area (Å²) in [4.78, 5) is 0. The Bertz CT molecular complexity index is 197. The Morgan fingerprint density at radius 3 is 2.44 bits per heavy atom. The maximum atomic E-state index is 5.20. The number of hydrogen-bond donors (Lipinski definition) is 1. The fourth-order valence-corrected chi connectivity index (χ4v) is 3.03. The normalized spacial score (nSPS) is 29.1. The first-order chi connectivity index (χ1) is 7.45. The average molecular weight is 227 g/mol. The molecule has 0 spiro atoms. The van der Waals surface area contributed by atoms with E-state index in [1.807, 2.05) is 0 Å². The number of hydrogen-bond acceptors (Lipinski definition) is 2. The summed E-state index contributed by atoms with van der Waals surface area (Å²) >= 11 is 0. The van der Waals surface area contributed by atoms with Crippen molar-refractivity contribution in [3.8, 4) is 0 Å². The van der Waals surface area contributed by atoms with Crippen molar-refractivity contribution in [1.29, 1.82) is 0 Å². The number of rotatable bonds is 4. The van der Waals surface area contributed by atoms with Gasteiger partial charge < -0.3 is 10.1 Å². The van der Waals surface area contributed by atoms with E-state index in [9.17, 15) is 0 Å². The Kier molecular flexibility index (Phi) is 5.26. The van der Waals surface area contributed by atoms with Crippen LogP contribution in [0.25, 0.3) is 0 Å². The van der Waals surface area contributed by atoms with Crippen LogP contribution in [0.15, 0.2) is 0 Å². The molecular formula is C14H29NO. The minimum atomic E-state index is 0.422. The Balaban J connectivity index is 2.53. The smallest absolute Gasteiger partial charge is 0.0613 e. The van der Waals surface area contributed by atoms with Crippen molar-refractivity contribution in [2.45, 2.75) is 65.5 Å². The van der Waals surface area contributed by atoms with Crippen LogP contribution in [0.2, 0.25) is 0 Å². The van der Waals surface area contributed by atoms with Gasteiger partial charge >= 0.3 is 0 Å². The zero-order valence-corrected chi connectivity index (χ0v) is 11.7. The Hall–Kier alpha value is -0.0800. The van der Waals surface area contributed by atoms with Gasteiger partial charge in [0.15, 0.2) is 0 Å². The minimum absolute atomic E-state index is 0.422. The molecule has 1 aliphatic rings. The second kappa shape index (κ2) is 6.02. The molecule has 0 amide bonds. The quantitative estimate of drug-likeness (QED) is 0.796. The molecule has 2 heteroatoms. The molecule has 0 radical (unpaired) electrons. The fraction of sp³-hybridized carbons (Fsp3) is 1.00. The Labute approximate surface area is 101 Å². The summed E-state index contributed by atoms with van der Waals surface area (Å²) in [7, 11) is 1.78. The summed E-state index contributed by atoms with van der Waals surface area (Å²) in [6.45, 7) is 10.2. The molecule has 0 aromatic heterocycles. The zero-order chi connectivity index (χ0) is 12.2. The second-order valence-corrected chi connectivity index (χ2v) is 6.39. The first-order valence-electron chi connectivity index (χ1n) is 6.70. The summed E-state index contributed by atoms with van der Waals surface area (Å²) in [5.74, 6) is 0.806. The van der Waals surface area contributed by atoms with Gasteiger partial charge in [-0.05, 0) is 31.1 Å². The molecule has 2 nitrogen and oxygen atoms in total. The van der Waals surface area contributed by atoms with Gasteiger partial charge in [0.1, 0.15) is 0 Å². The van der Waals surface area contributed by atoms with E-state index >= 15 is 0 Å². The van der Waals surface area contributed by atoms with Crippen LogP contribution in [-0.4, -0.2) is 25.8 Å². The summed E-state index contributed by atoms with van der Waals surface area (Å²) in [5, 5.41) is 3.75. The molecule has 0 aromatic carbocycles. The number of methoxy groups -OCH3 is 1. The topological polar surface area (TPSA) is 21.3 Å². The van der Waals surface area contributed by atoms with Crippen molar-refractivity contribution < 1.29 is 4.74 Å². The van der Waals surface area contributed by atoms with E-state index in [1.165, 1.54) is 25.7 Å². The third-order valence-electron chi connectivity index (χ3n) is 3.79. The van der Waals surface area contributed by atoms with Crippen molar-refractivity contribution >= 4 is 0 Å². The molecule has 16 heavy (non-hydrogen) atoms. The van der Waals surface area contributed by atoms with Crippen molar-refractivity contribution in [3.63, 3.8) is 0 Å². The van der Waals surface area contributed by atoms with Gasteiger partial charge in [-0.3, -0.25) is 0 Å². The second-order valence-electron chi connectivity index (χ2n) is 6.39. The SMILES string of the molecule is COCC(C)NC1CCCCC1C(C)(C)C.